The standard InChI is InChI=1S/C41H35N5O5S/c1-2-51-35-24-13-12-19-30(35)25-34(43-39(48)29-17-8-4-9-18-29)40(49)42-31-20-14-23-33(26-31)52-38(28-15-6-3-7-16-28)41(50)44-36-27-37(47)46(45-36)32-21-10-5-11-22-32/h3-26,38H,2,27H2,1H3,(H,42,49)(H,43,48)(H,44,45,50)/b34-25+. The number of amidine groups is 1. The van der Waals surface area contributed by atoms with E-state index in [1.54, 1.807) is 78.9 Å². The van der Waals surface area contributed by atoms with E-state index in [1.807, 2.05) is 73.7 Å². The number of benzene rings is 5. The number of hydrogen-bond donors (Lipinski definition) is 3. The minimum atomic E-state index is -0.716. The zero-order valence-corrected chi connectivity index (χ0v) is 29.0. The summed E-state index contributed by atoms with van der Waals surface area (Å²) in [4.78, 5) is 54.2. The topological polar surface area (TPSA) is 129 Å². The van der Waals surface area contributed by atoms with Gasteiger partial charge in [0.25, 0.3) is 17.7 Å². The van der Waals surface area contributed by atoms with Crippen LogP contribution in [-0.4, -0.2) is 36.1 Å². The Kier molecular flexibility index (Phi) is 11.5. The van der Waals surface area contributed by atoms with Crippen LogP contribution in [0, 0.1) is 0 Å². The first kappa shape index (κ1) is 35.4. The zero-order chi connectivity index (χ0) is 36.3. The largest absolute Gasteiger partial charge is 0.493 e. The third-order valence-electron chi connectivity index (χ3n) is 7.78. The van der Waals surface area contributed by atoms with Crippen LogP contribution in [0.5, 0.6) is 5.75 Å². The Morgan fingerprint density at radius 2 is 1.50 bits per heavy atom. The fraction of sp³-hybridized carbons (Fsp3) is 0.0976. The van der Waals surface area contributed by atoms with E-state index in [0.29, 0.717) is 39.8 Å². The van der Waals surface area contributed by atoms with Crippen molar-refractivity contribution < 1.29 is 23.9 Å². The second-order valence-electron chi connectivity index (χ2n) is 11.5. The maximum Gasteiger partial charge on any atom is 0.272 e. The van der Waals surface area contributed by atoms with Crippen molar-refractivity contribution in [3.63, 3.8) is 0 Å². The van der Waals surface area contributed by atoms with Gasteiger partial charge in [-0.2, -0.15) is 10.1 Å². The monoisotopic (exact) mass is 709 g/mol. The summed E-state index contributed by atoms with van der Waals surface area (Å²) in [5.41, 5.74) is 2.82. The fourth-order valence-corrected chi connectivity index (χ4v) is 6.43. The molecule has 0 aliphatic carbocycles. The molecule has 1 atom stereocenters. The molecule has 0 spiro atoms. The minimum Gasteiger partial charge on any atom is -0.493 e. The van der Waals surface area contributed by atoms with E-state index in [-0.39, 0.29) is 29.8 Å². The number of carbonyl (C=O) groups is 4. The lowest BCUT2D eigenvalue weighted by atomic mass is 10.1. The maximum atomic E-state index is 13.8. The highest BCUT2D eigenvalue weighted by molar-refractivity contribution is 8.00. The number of para-hydroxylation sites is 2. The fourth-order valence-electron chi connectivity index (χ4n) is 5.34. The summed E-state index contributed by atoms with van der Waals surface area (Å²) in [7, 11) is 0. The molecule has 5 aromatic rings. The van der Waals surface area contributed by atoms with Crippen molar-refractivity contribution in [1.82, 2.24) is 10.6 Å². The highest BCUT2D eigenvalue weighted by Crippen LogP contribution is 2.37. The Labute approximate surface area is 305 Å². The number of thioether (sulfide) groups is 1. The number of ether oxygens (including phenoxy) is 1. The Morgan fingerprint density at radius 3 is 2.23 bits per heavy atom. The molecule has 52 heavy (non-hydrogen) atoms. The minimum absolute atomic E-state index is 0.0111. The van der Waals surface area contributed by atoms with Crippen LogP contribution in [0.25, 0.3) is 6.08 Å². The summed E-state index contributed by atoms with van der Waals surface area (Å²) in [6.45, 7) is 2.29. The van der Waals surface area contributed by atoms with E-state index < -0.39 is 17.1 Å². The SMILES string of the molecule is CCOc1ccccc1/C=C(/NC(=O)c1ccccc1)C(=O)Nc1cccc(SC(C(=O)NC2=NN(c3ccccc3)C(=O)C2)c2ccccc2)c1. The number of carbonyl (C=O) groups excluding carboxylic acids is 4. The van der Waals surface area contributed by atoms with E-state index >= 15 is 0 Å². The van der Waals surface area contributed by atoms with E-state index in [0.717, 1.165) is 5.56 Å². The van der Waals surface area contributed by atoms with Crippen LogP contribution >= 0.6 is 11.8 Å². The quantitative estimate of drug-likeness (QED) is 0.0929. The van der Waals surface area contributed by atoms with Crippen molar-refractivity contribution in [2.24, 2.45) is 5.10 Å². The summed E-state index contributed by atoms with van der Waals surface area (Å²) in [6.07, 6.45) is 1.53. The Morgan fingerprint density at radius 1 is 0.827 bits per heavy atom. The summed E-state index contributed by atoms with van der Waals surface area (Å²) in [5.74, 6) is -0.783. The van der Waals surface area contributed by atoms with Gasteiger partial charge < -0.3 is 20.7 Å². The van der Waals surface area contributed by atoms with Gasteiger partial charge in [0.1, 0.15) is 22.5 Å². The lowest BCUT2D eigenvalue weighted by Gasteiger charge is -2.17. The van der Waals surface area contributed by atoms with Crippen molar-refractivity contribution in [2.45, 2.75) is 23.5 Å². The highest BCUT2D eigenvalue weighted by Gasteiger charge is 2.29. The summed E-state index contributed by atoms with van der Waals surface area (Å²) in [6, 6.07) is 41.2. The third-order valence-corrected chi connectivity index (χ3v) is 9.03. The number of hydrogen-bond acceptors (Lipinski definition) is 7. The molecule has 0 aromatic heterocycles. The average molecular weight is 710 g/mol. The van der Waals surface area contributed by atoms with Gasteiger partial charge in [0.15, 0.2) is 0 Å². The average Bonchev–Trinajstić information content (AvgIpc) is 3.54. The molecule has 1 aliphatic rings. The van der Waals surface area contributed by atoms with E-state index in [1.165, 1.54) is 16.8 Å². The molecule has 0 saturated carbocycles. The molecule has 3 N–H and O–H groups in total. The molecule has 10 nitrogen and oxygen atoms in total. The first-order valence-corrected chi connectivity index (χ1v) is 17.4. The van der Waals surface area contributed by atoms with Crippen LogP contribution in [0.15, 0.2) is 155 Å². The first-order valence-electron chi connectivity index (χ1n) is 16.6. The molecule has 0 fully saturated rings. The van der Waals surface area contributed by atoms with Gasteiger partial charge in [-0.05, 0) is 67.1 Å². The van der Waals surface area contributed by atoms with Crippen LogP contribution in [-0.2, 0) is 14.4 Å². The molecule has 4 amide bonds. The maximum absolute atomic E-state index is 13.8. The lowest BCUT2D eigenvalue weighted by Crippen LogP contribution is -2.33. The van der Waals surface area contributed by atoms with Gasteiger partial charge in [0.2, 0.25) is 5.91 Å². The number of nitrogens with zero attached hydrogens (tertiary/aromatic N) is 2. The molecular weight excluding hydrogens is 675 g/mol. The summed E-state index contributed by atoms with van der Waals surface area (Å²) < 4.78 is 5.76. The number of hydrazone groups is 1. The molecule has 0 saturated heterocycles. The Balaban J connectivity index is 1.22. The molecule has 0 radical (unpaired) electrons. The third kappa shape index (κ3) is 9.01. The van der Waals surface area contributed by atoms with E-state index in [2.05, 4.69) is 21.1 Å². The second-order valence-corrected chi connectivity index (χ2v) is 12.7. The lowest BCUT2D eigenvalue weighted by molar-refractivity contribution is -0.119. The summed E-state index contributed by atoms with van der Waals surface area (Å²) >= 11 is 1.28. The Hall–Kier alpha value is -6.46. The van der Waals surface area contributed by atoms with Crippen LogP contribution in [0.2, 0.25) is 0 Å². The molecule has 11 heteroatoms. The van der Waals surface area contributed by atoms with Gasteiger partial charge >= 0.3 is 0 Å². The number of anilines is 2. The number of nitrogens with one attached hydrogen (secondary N) is 3. The molecule has 5 aromatic carbocycles. The molecule has 1 heterocycles. The van der Waals surface area contributed by atoms with Gasteiger partial charge in [-0.15, -0.1) is 11.8 Å². The van der Waals surface area contributed by atoms with Crippen molar-refractivity contribution in [3.05, 3.63) is 162 Å². The van der Waals surface area contributed by atoms with Gasteiger partial charge in [-0.3, -0.25) is 19.2 Å². The Bertz CT molecular complexity index is 2120. The predicted molar refractivity (Wildman–Crippen MR) is 204 cm³/mol. The molecule has 260 valence electrons. The predicted octanol–water partition coefficient (Wildman–Crippen LogP) is 7.19. The van der Waals surface area contributed by atoms with Crippen LogP contribution < -0.4 is 25.7 Å². The number of amides is 4. The number of rotatable bonds is 12. The van der Waals surface area contributed by atoms with E-state index in [4.69, 9.17) is 4.74 Å². The highest BCUT2D eigenvalue weighted by atomic mass is 32.2. The van der Waals surface area contributed by atoms with Gasteiger partial charge in [0.05, 0.1) is 18.7 Å². The van der Waals surface area contributed by atoms with Gasteiger partial charge in [0, 0.05) is 21.7 Å². The molecular formula is C41H35N5O5S. The van der Waals surface area contributed by atoms with Crippen molar-refractivity contribution in [1.29, 1.82) is 0 Å². The first-order chi connectivity index (χ1) is 25.4. The van der Waals surface area contributed by atoms with Gasteiger partial charge in [-0.25, -0.2) is 0 Å². The van der Waals surface area contributed by atoms with Crippen molar-refractivity contribution in [2.75, 3.05) is 16.9 Å². The molecule has 0 bridgehead atoms. The zero-order valence-electron chi connectivity index (χ0n) is 28.2. The van der Waals surface area contributed by atoms with Gasteiger partial charge in [-0.1, -0.05) is 91.0 Å². The summed E-state index contributed by atoms with van der Waals surface area (Å²) in [5, 5.41) is 13.5. The van der Waals surface area contributed by atoms with E-state index in [9.17, 15) is 19.2 Å². The normalized spacial score (nSPS) is 13.2. The second kappa shape index (κ2) is 17.0. The smallest absolute Gasteiger partial charge is 0.272 e. The van der Waals surface area contributed by atoms with Crippen LogP contribution in [0.3, 0.4) is 0 Å². The van der Waals surface area contributed by atoms with Crippen molar-refractivity contribution in [3.8, 4) is 5.75 Å². The molecule has 1 aliphatic heterocycles. The molecule has 6 rings (SSSR count). The van der Waals surface area contributed by atoms with Crippen molar-refractivity contribution >= 4 is 58.7 Å². The molecule has 1 unspecified atom stereocenters. The van der Waals surface area contributed by atoms with Crippen LogP contribution in [0.4, 0.5) is 11.4 Å². The van der Waals surface area contributed by atoms with Crippen LogP contribution in [0.1, 0.15) is 40.1 Å².